The number of hydrogen-bond donors (Lipinski definition) is 1. The van der Waals surface area contributed by atoms with Crippen LogP contribution in [-0.2, 0) is 0 Å². The summed E-state index contributed by atoms with van der Waals surface area (Å²) < 4.78 is 1.01. The van der Waals surface area contributed by atoms with Crippen LogP contribution in [0.1, 0.15) is 0 Å². The lowest BCUT2D eigenvalue weighted by Gasteiger charge is -2.11. The average Bonchev–Trinajstić information content (AvgIpc) is 2.56. The Kier molecular flexibility index (Phi) is 4.10. The Morgan fingerprint density at radius 3 is 2.29 bits per heavy atom. The van der Waals surface area contributed by atoms with Gasteiger partial charge in [0.1, 0.15) is 5.82 Å². The van der Waals surface area contributed by atoms with Crippen LogP contribution in [-0.4, -0.2) is 22.0 Å². The number of aromatic nitrogens is 3. The Labute approximate surface area is 136 Å². The van der Waals surface area contributed by atoms with Gasteiger partial charge in [0.2, 0.25) is 0 Å². The summed E-state index contributed by atoms with van der Waals surface area (Å²) in [6.45, 7) is 0. The summed E-state index contributed by atoms with van der Waals surface area (Å²) in [5, 5.41) is 3.14. The van der Waals surface area contributed by atoms with E-state index < -0.39 is 0 Å². The molecule has 1 aromatic carbocycles. The van der Waals surface area contributed by atoms with Gasteiger partial charge in [-0.25, -0.2) is 9.97 Å². The summed E-state index contributed by atoms with van der Waals surface area (Å²) in [5.41, 5.74) is 2.97. The first-order valence-electron chi connectivity index (χ1n) is 6.50. The van der Waals surface area contributed by atoms with Gasteiger partial charge < -0.3 is 5.32 Å². The molecule has 0 amide bonds. The Balaban J connectivity index is 2.21. The molecule has 0 spiro atoms. The van der Waals surface area contributed by atoms with E-state index >= 15 is 0 Å². The second-order valence-corrected chi connectivity index (χ2v) is 5.49. The standard InChI is InChI=1S/C16H13IN4/c1-18-16-13(17)14(11-5-3-2-4-6-11)20-15(21-16)12-7-9-19-10-8-12/h2-10H,1H3,(H,18,20,21). The summed E-state index contributed by atoms with van der Waals surface area (Å²) in [6.07, 6.45) is 3.50. The van der Waals surface area contributed by atoms with Crippen molar-refractivity contribution in [2.75, 3.05) is 12.4 Å². The molecule has 0 bridgehead atoms. The number of anilines is 1. The normalized spacial score (nSPS) is 10.4. The molecule has 3 aromatic rings. The smallest absolute Gasteiger partial charge is 0.162 e. The molecule has 0 radical (unpaired) electrons. The maximum Gasteiger partial charge on any atom is 0.162 e. The molecular formula is C16H13IN4. The number of pyridine rings is 1. The number of benzene rings is 1. The van der Waals surface area contributed by atoms with Crippen LogP contribution >= 0.6 is 22.6 Å². The van der Waals surface area contributed by atoms with Crippen molar-refractivity contribution in [1.29, 1.82) is 0 Å². The molecular weight excluding hydrogens is 375 g/mol. The number of rotatable bonds is 3. The molecule has 0 atom stereocenters. The van der Waals surface area contributed by atoms with Crippen molar-refractivity contribution >= 4 is 28.4 Å². The molecule has 0 aliphatic heterocycles. The van der Waals surface area contributed by atoms with E-state index in [9.17, 15) is 0 Å². The lowest BCUT2D eigenvalue weighted by molar-refractivity contribution is 1.15. The first kappa shape index (κ1) is 13.9. The van der Waals surface area contributed by atoms with Gasteiger partial charge in [0.25, 0.3) is 0 Å². The van der Waals surface area contributed by atoms with Crippen LogP contribution < -0.4 is 5.32 Å². The van der Waals surface area contributed by atoms with E-state index in [-0.39, 0.29) is 0 Å². The first-order valence-corrected chi connectivity index (χ1v) is 7.58. The Bertz CT molecular complexity index is 745. The van der Waals surface area contributed by atoms with E-state index in [2.05, 4.69) is 50.0 Å². The van der Waals surface area contributed by atoms with Crippen LogP contribution in [0.2, 0.25) is 0 Å². The van der Waals surface area contributed by atoms with Crippen LogP contribution in [0.3, 0.4) is 0 Å². The van der Waals surface area contributed by atoms with E-state index in [1.165, 1.54) is 0 Å². The zero-order valence-corrected chi connectivity index (χ0v) is 13.6. The highest BCUT2D eigenvalue weighted by molar-refractivity contribution is 14.1. The average molecular weight is 388 g/mol. The second-order valence-electron chi connectivity index (χ2n) is 4.41. The van der Waals surface area contributed by atoms with Crippen molar-refractivity contribution in [2.45, 2.75) is 0 Å². The molecule has 0 aliphatic carbocycles. The molecule has 0 saturated carbocycles. The minimum absolute atomic E-state index is 0.695. The van der Waals surface area contributed by atoms with E-state index in [4.69, 9.17) is 4.98 Å². The molecule has 21 heavy (non-hydrogen) atoms. The maximum absolute atomic E-state index is 4.73. The third-order valence-electron chi connectivity index (χ3n) is 3.07. The summed E-state index contributed by atoms with van der Waals surface area (Å²) in [6, 6.07) is 14.0. The number of halogens is 1. The lowest BCUT2D eigenvalue weighted by Crippen LogP contribution is -2.03. The van der Waals surface area contributed by atoms with Gasteiger partial charge in [-0.2, -0.15) is 0 Å². The van der Waals surface area contributed by atoms with Crippen LogP contribution in [0.4, 0.5) is 5.82 Å². The van der Waals surface area contributed by atoms with Gasteiger partial charge >= 0.3 is 0 Å². The summed E-state index contributed by atoms with van der Waals surface area (Å²) in [7, 11) is 1.87. The van der Waals surface area contributed by atoms with Crippen molar-refractivity contribution in [3.8, 4) is 22.6 Å². The monoisotopic (exact) mass is 388 g/mol. The minimum atomic E-state index is 0.695. The fourth-order valence-corrected chi connectivity index (χ4v) is 2.85. The van der Waals surface area contributed by atoms with Crippen LogP contribution in [0.25, 0.3) is 22.6 Å². The van der Waals surface area contributed by atoms with Crippen LogP contribution in [0.15, 0.2) is 54.9 Å². The maximum atomic E-state index is 4.73. The summed E-state index contributed by atoms with van der Waals surface area (Å²) in [4.78, 5) is 13.4. The predicted octanol–water partition coefficient (Wildman–Crippen LogP) is 3.85. The van der Waals surface area contributed by atoms with E-state index in [0.717, 1.165) is 26.2 Å². The van der Waals surface area contributed by atoms with Crippen molar-refractivity contribution in [3.05, 3.63) is 58.4 Å². The van der Waals surface area contributed by atoms with Crippen molar-refractivity contribution < 1.29 is 0 Å². The van der Waals surface area contributed by atoms with Crippen LogP contribution in [0.5, 0.6) is 0 Å². The molecule has 4 nitrogen and oxygen atoms in total. The number of hydrogen-bond acceptors (Lipinski definition) is 4. The molecule has 1 N–H and O–H groups in total. The van der Waals surface area contributed by atoms with Gasteiger partial charge in [-0.1, -0.05) is 30.3 Å². The number of nitrogens with one attached hydrogen (secondary N) is 1. The molecule has 0 unspecified atom stereocenters. The largest absolute Gasteiger partial charge is 0.372 e. The SMILES string of the molecule is CNc1nc(-c2ccncc2)nc(-c2ccccc2)c1I. The fourth-order valence-electron chi connectivity index (χ4n) is 2.03. The molecule has 2 aromatic heterocycles. The highest BCUT2D eigenvalue weighted by Gasteiger charge is 2.13. The third kappa shape index (κ3) is 2.87. The molecule has 5 heteroatoms. The summed E-state index contributed by atoms with van der Waals surface area (Å²) in [5.74, 6) is 1.53. The summed E-state index contributed by atoms with van der Waals surface area (Å²) >= 11 is 2.28. The first-order chi connectivity index (χ1) is 10.3. The zero-order valence-electron chi connectivity index (χ0n) is 11.4. The van der Waals surface area contributed by atoms with Crippen molar-refractivity contribution in [1.82, 2.24) is 15.0 Å². The van der Waals surface area contributed by atoms with Gasteiger partial charge in [0.15, 0.2) is 5.82 Å². The molecule has 0 saturated heterocycles. The highest BCUT2D eigenvalue weighted by Crippen LogP contribution is 2.30. The van der Waals surface area contributed by atoms with Crippen molar-refractivity contribution in [3.63, 3.8) is 0 Å². The highest BCUT2D eigenvalue weighted by atomic mass is 127. The van der Waals surface area contributed by atoms with E-state index in [0.29, 0.717) is 5.82 Å². The molecule has 2 heterocycles. The lowest BCUT2D eigenvalue weighted by atomic mass is 10.1. The Hall–Kier alpha value is -2.02. The zero-order chi connectivity index (χ0) is 14.7. The quantitative estimate of drug-likeness (QED) is 0.693. The van der Waals surface area contributed by atoms with Gasteiger partial charge in [-0.15, -0.1) is 0 Å². The minimum Gasteiger partial charge on any atom is -0.372 e. The third-order valence-corrected chi connectivity index (χ3v) is 4.10. The van der Waals surface area contributed by atoms with E-state index in [1.807, 2.05) is 37.4 Å². The van der Waals surface area contributed by atoms with E-state index in [1.54, 1.807) is 12.4 Å². The molecule has 0 fully saturated rings. The topological polar surface area (TPSA) is 50.7 Å². The second kappa shape index (κ2) is 6.17. The van der Waals surface area contributed by atoms with Gasteiger partial charge in [-0.05, 0) is 34.7 Å². The predicted molar refractivity (Wildman–Crippen MR) is 93.0 cm³/mol. The number of nitrogens with zero attached hydrogens (tertiary/aromatic N) is 3. The molecule has 104 valence electrons. The van der Waals surface area contributed by atoms with Gasteiger partial charge in [0.05, 0.1) is 9.26 Å². The van der Waals surface area contributed by atoms with Crippen LogP contribution in [0, 0.1) is 3.57 Å². The van der Waals surface area contributed by atoms with Gasteiger partial charge in [-0.3, -0.25) is 4.98 Å². The van der Waals surface area contributed by atoms with Gasteiger partial charge in [0, 0.05) is 30.6 Å². The Morgan fingerprint density at radius 1 is 0.905 bits per heavy atom. The van der Waals surface area contributed by atoms with Crippen molar-refractivity contribution in [2.24, 2.45) is 0 Å². The molecule has 3 rings (SSSR count). The Morgan fingerprint density at radius 2 is 1.62 bits per heavy atom. The molecule has 0 aliphatic rings. The fraction of sp³-hybridized carbons (Fsp3) is 0.0625.